The second kappa shape index (κ2) is 7.05. The van der Waals surface area contributed by atoms with Gasteiger partial charge in [-0.25, -0.2) is 0 Å². The fraction of sp³-hybridized carbons (Fsp3) is 0.923. The molecule has 0 aliphatic carbocycles. The number of nitriles is 1. The van der Waals surface area contributed by atoms with E-state index in [4.69, 9.17) is 10.00 Å². The number of morpholine rings is 1. The van der Waals surface area contributed by atoms with Crippen molar-refractivity contribution in [2.45, 2.75) is 25.4 Å². The maximum atomic E-state index is 8.91. The monoisotopic (exact) mass is 252 g/mol. The Bertz CT molecular complexity index is 285. The molecule has 102 valence electrons. The lowest BCUT2D eigenvalue weighted by Gasteiger charge is -2.41. The summed E-state index contributed by atoms with van der Waals surface area (Å²) in [7, 11) is 0. The van der Waals surface area contributed by atoms with E-state index in [1.54, 1.807) is 0 Å². The Morgan fingerprint density at radius 2 is 2.06 bits per heavy atom. The Kier molecular flexibility index (Phi) is 5.39. The van der Waals surface area contributed by atoms with E-state index in [0.29, 0.717) is 18.5 Å². The zero-order valence-electron chi connectivity index (χ0n) is 11.3. The maximum Gasteiger partial charge on any atom is 0.0638 e. The van der Waals surface area contributed by atoms with Crippen molar-refractivity contribution in [3.63, 3.8) is 0 Å². The lowest BCUT2D eigenvalue weighted by atomic mass is 10.1. The van der Waals surface area contributed by atoms with Crippen molar-refractivity contribution in [3.05, 3.63) is 0 Å². The Labute approximate surface area is 110 Å². The molecule has 0 amide bonds. The molecule has 2 atom stereocenters. The van der Waals surface area contributed by atoms with Crippen LogP contribution in [-0.2, 0) is 4.74 Å². The Balaban J connectivity index is 1.81. The van der Waals surface area contributed by atoms with E-state index in [-0.39, 0.29) is 0 Å². The third-order valence-electron chi connectivity index (χ3n) is 3.96. The summed E-state index contributed by atoms with van der Waals surface area (Å²) in [5.41, 5.74) is 0. The van der Waals surface area contributed by atoms with Gasteiger partial charge in [0.2, 0.25) is 0 Å². The molecule has 2 fully saturated rings. The van der Waals surface area contributed by atoms with Crippen LogP contribution in [0.25, 0.3) is 0 Å². The Hall–Kier alpha value is -0.670. The molecule has 2 unspecified atom stereocenters. The molecule has 2 aliphatic rings. The van der Waals surface area contributed by atoms with E-state index in [2.05, 4.69) is 28.1 Å². The highest BCUT2D eigenvalue weighted by Gasteiger charge is 2.27. The van der Waals surface area contributed by atoms with Crippen LogP contribution in [0.15, 0.2) is 0 Å². The number of piperazine rings is 1. The van der Waals surface area contributed by atoms with Gasteiger partial charge in [0.25, 0.3) is 0 Å². The highest BCUT2D eigenvalue weighted by molar-refractivity contribution is 4.91. The van der Waals surface area contributed by atoms with Gasteiger partial charge in [0.05, 0.1) is 25.7 Å². The van der Waals surface area contributed by atoms with Gasteiger partial charge in [0.15, 0.2) is 0 Å². The summed E-state index contributed by atoms with van der Waals surface area (Å²) >= 11 is 0. The molecule has 0 aromatic heterocycles. The van der Waals surface area contributed by atoms with Gasteiger partial charge in [0.1, 0.15) is 0 Å². The molecule has 2 aliphatic heterocycles. The number of nitrogens with one attached hydrogen (secondary N) is 1. The third kappa shape index (κ3) is 3.66. The molecule has 0 aromatic carbocycles. The van der Waals surface area contributed by atoms with Gasteiger partial charge >= 0.3 is 0 Å². The van der Waals surface area contributed by atoms with E-state index in [0.717, 1.165) is 52.5 Å². The van der Waals surface area contributed by atoms with Crippen molar-refractivity contribution in [2.24, 2.45) is 0 Å². The van der Waals surface area contributed by atoms with Crippen LogP contribution in [0.1, 0.15) is 13.3 Å². The van der Waals surface area contributed by atoms with Gasteiger partial charge in [-0.2, -0.15) is 5.26 Å². The van der Waals surface area contributed by atoms with Gasteiger partial charge in [-0.15, -0.1) is 0 Å². The van der Waals surface area contributed by atoms with Crippen LogP contribution in [0.3, 0.4) is 0 Å². The smallest absolute Gasteiger partial charge is 0.0638 e. The topological polar surface area (TPSA) is 51.5 Å². The Morgan fingerprint density at radius 1 is 1.28 bits per heavy atom. The van der Waals surface area contributed by atoms with Crippen molar-refractivity contribution in [2.75, 3.05) is 52.5 Å². The molecule has 0 spiro atoms. The van der Waals surface area contributed by atoms with E-state index in [1.165, 1.54) is 0 Å². The first kappa shape index (κ1) is 13.8. The molecular formula is C13H24N4O. The van der Waals surface area contributed by atoms with Crippen molar-refractivity contribution < 1.29 is 4.74 Å². The quantitative estimate of drug-likeness (QED) is 0.757. The predicted octanol–water partition coefficient (Wildman–Crippen LogP) is -0.105. The van der Waals surface area contributed by atoms with Gasteiger partial charge in [-0.3, -0.25) is 9.80 Å². The summed E-state index contributed by atoms with van der Waals surface area (Å²) < 4.78 is 5.36. The average Bonchev–Trinajstić information content (AvgIpc) is 2.40. The van der Waals surface area contributed by atoms with Crippen molar-refractivity contribution in [3.8, 4) is 6.07 Å². The van der Waals surface area contributed by atoms with Crippen LogP contribution in [0.5, 0.6) is 0 Å². The predicted molar refractivity (Wildman–Crippen MR) is 70.3 cm³/mol. The van der Waals surface area contributed by atoms with E-state index in [1.807, 2.05) is 0 Å². The van der Waals surface area contributed by atoms with Crippen LogP contribution >= 0.6 is 0 Å². The van der Waals surface area contributed by atoms with Gasteiger partial charge in [0, 0.05) is 51.4 Å². The molecule has 0 aromatic rings. The standard InChI is InChI=1S/C13H24N4O/c1-12-10-15-11-13(2-3-14)17(12)5-4-16-6-8-18-9-7-16/h12-13,15H,2,4-11H2,1H3. The number of hydrogen-bond acceptors (Lipinski definition) is 5. The summed E-state index contributed by atoms with van der Waals surface area (Å²) in [4.78, 5) is 4.96. The van der Waals surface area contributed by atoms with Crippen molar-refractivity contribution in [1.29, 1.82) is 5.26 Å². The Morgan fingerprint density at radius 3 is 2.78 bits per heavy atom. The van der Waals surface area contributed by atoms with Crippen LogP contribution in [0, 0.1) is 11.3 Å². The van der Waals surface area contributed by atoms with Crippen molar-refractivity contribution >= 4 is 0 Å². The lowest BCUT2D eigenvalue weighted by molar-refractivity contribution is 0.0239. The van der Waals surface area contributed by atoms with E-state index < -0.39 is 0 Å². The summed E-state index contributed by atoms with van der Waals surface area (Å²) in [6.07, 6.45) is 0.625. The molecule has 2 saturated heterocycles. The number of ether oxygens (including phenoxy) is 1. The SMILES string of the molecule is CC1CNCC(CC#N)N1CCN1CCOCC1. The number of hydrogen-bond donors (Lipinski definition) is 1. The average molecular weight is 252 g/mol. The summed E-state index contributed by atoms with van der Waals surface area (Å²) in [6, 6.07) is 3.21. The lowest BCUT2D eigenvalue weighted by Crippen LogP contribution is -2.57. The molecule has 2 rings (SSSR count). The highest BCUT2D eigenvalue weighted by Crippen LogP contribution is 2.12. The van der Waals surface area contributed by atoms with Gasteiger partial charge < -0.3 is 10.1 Å². The van der Waals surface area contributed by atoms with E-state index >= 15 is 0 Å². The van der Waals surface area contributed by atoms with Crippen molar-refractivity contribution in [1.82, 2.24) is 15.1 Å². The molecule has 0 radical (unpaired) electrons. The zero-order chi connectivity index (χ0) is 12.8. The van der Waals surface area contributed by atoms with Crippen LogP contribution in [0.4, 0.5) is 0 Å². The fourth-order valence-corrected chi connectivity index (χ4v) is 2.83. The maximum absolute atomic E-state index is 8.91. The second-order valence-electron chi connectivity index (χ2n) is 5.22. The minimum atomic E-state index is 0.375. The zero-order valence-corrected chi connectivity index (χ0v) is 11.3. The van der Waals surface area contributed by atoms with Crippen LogP contribution < -0.4 is 5.32 Å². The first-order chi connectivity index (χ1) is 8.81. The minimum Gasteiger partial charge on any atom is -0.379 e. The fourth-order valence-electron chi connectivity index (χ4n) is 2.83. The molecule has 2 heterocycles. The molecular weight excluding hydrogens is 228 g/mol. The summed E-state index contributed by atoms with van der Waals surface area (Å²) in [5.74, 6) is 0. The van der Waals surface area contributed by atoms with E-state index in [9.17, 15) is 0 Å². The second-order valence-corrected chi connectivity index (χ2v) is 5.22. The molecule has 5 nitrogen and oxygen atoms in total. The molecule has 0 saturated carbocycles. The molecule has 18 heavy (non-hydrogen) atoms. The largest absolute Gasteiger partial charge is 0.379 e. The molecule has 0 bridgehead atoms. The minimum absolute atomic E-state index is 0.375. The van der Waals surface area contributed by atoms with Crippen LogP contribution in [-0.4, -0.2) is 74.4 Å². The summed E-state index contributed by atoms with van der Waals surface area (Å²) in [6.45, 7) is 10.2. The first-order valence-corrected chi connectivity index (χ1v) is 6.95. The summed E-state index contributed by atoms with van der Waals surface area (Å²) in [5, 5.41) is 12.3. The van der Waals surface area contributed by atoms with Gasteiger partial charge in [-0.05, 0) is 6.92 Å². The highest BCUT2D eigenvalue weighted by atomic mass is 16.5. The number of rotatable bonds is 4. The molecule has 1 N–H and O–H groups in total. The normalized spacial score (nSPS) is 31.1. The first-order valence-electron chi connectivity index (χ1n) is 6.95. The molecule has 5 heteroatoms. The van der Waals surface area contributed by atoms with Crippen LogP contribution in [0.2, 0.25) is 0 Å². The number of nitrogens with zero attached hydrogens (tertiary/aromatic N) is 3. The van der Waals surface area contributed by atoms with Gasteiger partial charge in [-0.1, -0.05) is 0 Å². The third-order valence-corrected chi connectivity index (χ3v) is 3.96.